The number of carbonyl (C=O) groups excluding carboxylic acids is 2. The SMILES string of the molecule is COc1ccccc1C(CNC(=O)Nc1cc(C(=O)NC2CC2)ccc1C)N1CCCC1. The number of anilines is 1. The molecule has 2 aromatic rings. The molecule has 0 spiro atoms. The van der Waals surface area contributed by atoms with Crippen molar-refractivity contribution < 1.29 is 14.3 Å². The molecule has 1 heterocycles. The monoisotopic (exact) mass is 436 g/mol. The van der Waals surface area contributed by atoms with Crippen LogP contribution in [0.25, 0.3) is 0 Å². The minimum Gasteiger partial charge on any atom is -0.496 e. The molecule has 1 aliphatic heterocycles. The summed E-state index contributed by atoms with van der Waals surface area (Å²) in [6.07, 6.45) is 4.39. The van der Waals surface area contributed by atoms with Gasteiger partial charge in [-0.2, -0.15) is 0 Å². The number of methoxy groups -OCH3 is 1. The first kappa shape index (κ1) is 22.1. The molecular formula is C25H32N4O3. The standard InChI is InChI=1S/C25H32N4O3/c1-17-9-10-18(24(30)27-19-11-12-19)15-21(17)28-25(31)26-16-22(29-13-5-6-14-29)20-7-3-4-8-23(20)32-2/h3-4,7-10,15,19,22H,5-6,11-14,16H2,1-2H3,(H,27,30)(H2,26,28,31). The maximum atomic E-state index is 12.8. The van der Waals surface area contributed by atoms with E-state index in [1.54, 1.807) is 19.2 Å². The van der Waals surface area contributed by atoms with Crippen LogP contribution in [-0.4, -0.2) is 49.6 Å². The van der Waals surface area contributed by atoms with Gasteiger partial charge in [0.1, 0.15) is 5.75 Å². The second-order valence-corrected chi connectivity index (χ2v) is 8.61. The van der Waals surface area contributed by atoms with Crippen LogP contribution in [-0.2, 0) is 0 Å². The molecule has 3 N–H and O–H groups in total. The number of aryl methyl sites for hydroxylation is 1. The Balaban J connectivity index is 1.42. The number of benzene rings is 2. The van der Waals surface area contributed by atoms with Gasteiger partial charge in [0.25, 0.3) is 5.91 Å². The number of carbonyl (C=O) groups is 2. The number of amides is 3. The molecule has 170 valence electrons. The number of nitrogens with zero attached hydrogens (tertiary/aromatic N) is 1. The number of nitrogens with one attached hydrogen (secondary N) is 3. The normalized spacial score (nSPS) is 16.9. The Labute approximate surface area is 189 Å². The number of likely N-dealkylation sites (tertiary alicyclic amines) is 1. The van der Waals surface area contributed by atoms with Gasteiger partial charge in [-0.3, -0.25) is 9.69 Å². The van der Waals surface area contributed by atoms with Crippen LogP contribution < -0.4 is 20.7 Å². The molecule has 1 aliphatic carbocycles. The fraction of sp³-hybridized carbons (Fsp3) is 0.440. The summed E-state index contributed by atoms with van der Waals surface area (Å²) < 4.78 is 5.58. The summed E-state index contributed by atoms with van der Waals surface area (Å²) in [6.45, 7) is 4.39. The van der Waals surface area contributed by atoms with E-state index >= 15 is 0 Å². The van der Waals surface area contributed by atoms with E-state index in [9.17, 15) is 9.59 Å². The zero-order valence-corrected chi connectivity index (χ0v) is 18.8. The Morgan fingerprint density at radius 1 is 1.12 bits per heavy atom. The molecule has 3 amide bonds. The predicted octanol–water partition coefficient (Wildman–Crippen LogP) is 3.85. The van der Waals surface area contributed by atoms with Crippen molar-refractivity contribution in [1.82, 2.24) is 15.5 Å². The molecule has 1 atom stereocenters. The summed E-state index contributed by atoms with van der Waals surface area (Å²) in [5.74, 6) is 0.734. The summed E-state index contributed by atoms with van der Waals surface area (Å²) in [4.78, 5) is 27.5. The van der Waals surface area contributed by atoms with Gasteiger partial charge in [-0.15, -0.1) is 0 Å². The van der Waals surface area contributed by atoms with Gasteiger partial charge in [0.15, 0.2) is 0 Å². The molecule has 2 aliphatic rings. The van der Waals surface area contributed by atoms with E-state index in [0.29, 0.717) is 23.8 Å². The molecule has 2 fully saturated rings. The summed E-state index contributed by atoms with van der Waals surface area (Å²) in [6, 6.07) is 13.4. The lowest BCUT2D eigenvalue weighted by Crippen LogP contribution is -2.38. The van der Waals surface area contributed by atoms with Crippen molar-refractivity contribution in [2.45, 2.75) is 44.7 Å². The van der Waals surface area contributed by atoms with Crippen molar-refractivity contribution in [1.29, 1.82) is 0 Å². The van der Waals surface area contributed by atoms with Crippen LogP contribution in [0.15, 0.2) is 42.5 Å². The molecule has 1 saturated carbocycles. The number of urea groups is 1. The lowest BCUT2D eigenvalue weighted by Gasteiger charge is -2.29. The largest absolute Gasteiger partial charge is 0.496 e. The smallest absolute Gasteiger partial charge is 0.319 e. The average Bonchev–Trinajstić information content (AvgIpc) is 3.45. The molecule has 7 heteroatoms. The van der Waals surface area contributed by atoms with Gasteiger partial charge in [-0.1, -0.05) is 24.3 Å². The Kier molecular flexibility index (Phi) is 6.95. The van der Waals surface area contributed by atoms with Crippen LogP contribution in [0.2, 0.25) is 0 Å². The Morgan fingerprint density at radius 3 is 2.59 bits per heavy atom. The lowest BCUT2D eigenvalue weighted by atomic mass is 10.0. The van der Waals surface area contributed by atoms with E-state index in [1.165, 1.54) is 0 Å². The topological polar surface area (TPSA) is 82.7 Å². The first-order chi connectivity index (χ1) is 15.5. The van der Waals surface area contributed by atoms with Crippen molar-refractivity contribution in [2.24, 2.45) is 0 Å². The van der Waals surface area contributed by atoms with Crippen LogP contribution >= 0.6 is 0 Å². The molecule has 0 radical (unpaired) electrons. The van der Waals surface area contributed by atoms with E-state index in [4.69, 9.17) is 4.74 Å². The molecule has 7 nitrogen and oxygen atoms in total. The van der Waals surface area contributed by atoms with Crippen LogP contribution in [0.1, 0.15) is 53.2 Å². The van der Waals surface area contributed by atoms with E-state index in [0.717, 1.165) is 55.6 Å². The van der Waals surface area contributed by atoms with Crippen molar-refractivity contribution in [2.75, 3.05) is 32.1 Å². The maximum absolute atomic E-state index is 12.8. The van der Waals surface area contributed by atoms with E-state index in [-0.39, 0.29) is 18.0 Å². The van der Waals surface area contributed by atoms with Gasteiger partial charge >= 0.3 is 6.03 Å². The summed E-state index contributed by atoms with van der Waals surface area (Å²) in [5, 5.41) is 8.93. The second kappa shape index (κ2) is 10.0. The quantitative estimate of drug-likeness (QED) is 0.587. The number of ether oxygens (including phenoxy) is 1. The first-order valence-electron chi connectivity index (χ1n) is 11.4. The van der Waals surface area contributed by atoms with Gasteiger partial charge in [0.05, 0.1) is 13.2 Å². The number of para-hydroxylation sites is 1. The van der Waals surface area contributed by atoms with Crippen molar-refractivity contribution in [3.8, 4) is 5.75 Å². The lowest BCUT2D eigenvalue weighted by molar-refractivity contribution is 0.0951. The second-order valence-electron chi connectivity index (χ2n) is 8.61. The highest BCUT2D eigenvalue weighted by atomic mass is 16.5. The van der Waals surface area contributed by atoms with Crippen LogP contribution in [0, 0.1) is 6.92 Å². The third kappa shape index (κ3) is 5.40. The maximum Gasteiger partial charge on any atom is 0.319 e. The third-order valence-corrected chi connectivity index (χ3v) is 6.20. The van der Waals surface area contributed by atoms with Crippen molar-refractivity contribution >= 4 is 17.6 Å². The molecule has 32 heavy (non-hydrogen) atoms. The molecule has 4 rings (SSSR count). The molecule has 0 aromatic heterocycles. The van der Waals surface area contributed by atoms with Gasteiger partial charge in [0.2, 0.25) is 0 Å². The minimum absolute atomic E-state index is 0.0381. The first-order valence-corrected chi connectivity index (χ1v) is 11.4. The molecular weight excluding hydrogens is 404 g/mol. The fourth-order valence-corrected chi connectivity index (χ4v) is 4.18. The van der Waals surface area contributed by atoms with Crippen molar-refractivity contribution in [3.63, 3.8) is 0 Å². The highest BCUT2D eigenvalue weighted by Crippen LogP contribution is 2.31. The van der Waals surface area contributed by atoms with E-state index in [2.05, 4.69) is 26.9 Å². The number of hydrogen-bond acceptors (Lipinski definition) is 4. The summed E-state index contributed by atoms with van der Waals surface area (Å²) in [5.41, 5.74) is 3.18. The van der Waals surface area contributed by atoms with E-state index in [1.807, 2.05) is 31.2 Å². The Morgan fingerprint density at radius 2 is 1.88 bits per heavy atom. The van der Waals surface area contributed by atoms with Gasteiger partial charge in [0, 0.05) is 29.4 Å². The molecule has 2 aromatic carbocycles. The van der Waals surface area contributed by atoms with E-state index < -0.39 is 0 Å². The number of rotatable bonds is 8. The van der Waals surface area contributed by atoms with Crippen LogP contribution in [0.4, 0.5) is 10.5 Å². The minimum atomic E-state index is -0.285. The van der Waals surface area contributed by atoms with Gasteiger partial charge in [-0.05, 0) is 69.5 Å². The number of hydrogen-bond donors (Lipinski definition) is 3. The average molecular weight is 437 g/mol. The fourth-order valence-electron chi connectivity index (χ4n) is 4.18. The molecule has 1 unspecified atom stereocenters. The zero-order chi connectivity index (χ0) is 22.5. The van der Waals surface area contributed by atoms with Crippen LogP contribution in [0.5, 0.6) is 5.75 Å². The summed E-state index contributed by atoms with van der Waals surface area (Å²) in [7, 11) is 1.68. The molecule has 0 bridgehead atoms. The Bertz CT molecular complexity index is 967. The summed E-state index contributed by atoms with van der Waals surface area (Å²) >= 11 is 0. The zero-order valence-electron chi connectivity index (χ0n) is 18.8. The highest BCUT2D eigenvalue weighted by Gasteiger charge is 2.27. The van der Waals surface area contributed by atoms with Gasteiger partial charge < -0.3 is 20.7 Å². The Hall–Kier alpha value is -3.06. The van der Waals surface area contributed by atoms with Gasteiger partial charge in [-0.25, -0.2) is 4.79 Å². The van der Waals surface area contributed by atoms with Crippen molar-refractivity contribution in [3.05, 3.63) is 59.2 Å². The van der Waals surface area contributed by atoms with Crippen LogP contribution in [0.3, 0.4) is 0 Å². The highest BCUT2D eigenvalue weighted by molar-refractivity contribution is 5.97. The third-order valence-electron chi connectivity index (χ3n) is 6.20. The molecule has 1 saturated heterocycles. The predicted molar refractivity (Wildman–Crippen MR) is 125 cm³/mol.